The molecule has 5 nitrogen and oxygen atoms in total. The lowest BCUT2D eigenvalue weighted by Gasteiger charge is -2.54. The van der Waals surface area contributed by atoms with Crippen LogP contribution < -0.4 is 0 Å². The summed E-state index contributed by atoms with van der Waals surface area (Å²) in [7, 11) is 1.77. The van der Waals surface area contributed by atoms with Gasteiger partial charge in [-0.3, -0.25) is 4.79 Å². The van der Waals surface area contributed by atoms with E-state index in [2.05, 4.69) is 11.8 Å². The molecule has 3 fully saturated rings. The Hall–Kier alpha value is -0.650. The van der Waals surface area contributed by atoms with Crippen LogP contribution in [0, 0.1) is 11.8 Å². The summed E-state index contributed by atoms with van der Waals surface area (Å²) in [6, 6.07) is 0. The summed E-state index contributed by atoms with van der Waals surface area (Å²) in [4.78, 5) is 17.2. The molecule has 0 N–H and O–H groups in total. The molecule has 0 bridgehead atoms. The number of nitrogens with zero attached hydrogens (tertiary/aromatic N) is 2. The highest BCUT2D eigenvalue weighted by atomic mass is 16.5. The Kier molecular flexibility index (Phi) is 5.60. The van der Waals surface area contributed by atoms with Crippen LogP contribution in [0.3, 0.4) is 0 Å². The summed E-state index contributed by atoms with van der Waals surface area (Å²) in [6.07, 6.45) is 5.38. The van der Waals surface area contributed by atoms with Gasteiger partial charge in [0, 0.05) is 26.2 Å². The first-order chi connectivity index (χ1) is 11.2. The number of carbonyl (C=O) groups excluding carboxylic acids is 1. The minimum absolute atomic E-state index is 0.0452. The van der Waals surface area contributed by atoms with E-state index >= 15 is 0 Å². The number of amides is 1. The first-order valence-corrected chi connectivity index (χ1v) is 9.30. The quantitative estimate of drug-likeness (QED) is 0.773. The number of methoxy groups -OCH3 is 1. The molecule has 3 aliphatic rings. The van der Waals surface area contributed by atoms with Crippen molar-refractivity contribution >= 4 is 5.91 Å². The zero-order valence-corrected chi connectivity index (χ0v) is 14.8. The van der Waals surface area contributed by atoms with Crippen LogP contribution >= 0.6 is 0 Å². The molecule has 3 aliphatic heterocycles. The number of likely N-dealkylation sites (tertiary alicyclic amines) is 2. The molecule has 132 valence electrons. The van der Waals surface area contributed by atoms with E-state index in [4.69, 9.17) is 9.47 Å². The van der Waals surface area contributed by atoms with Crippen LogP contribution in [0.5, 0.6) is 0 Å². The lowest BCUT2D eigenvalue weighted by Crippen LogP contribution is -2.67. The second-order valence-corrected chi connectivity index (χ2v) is 7.57. The molecule has 3 heterocycles. The van der Waals surface area contributed by atoms with Gasteiger partial charge >= 0.3 is 0 Å². The molecule has 0 aromatic carbocycles. The minimum atomic E-state index is -0.0452. The highest BCUT2D eigenvalue weighted by molar-refractivity contribution is 5.80. The largest absolute Gasteiger partial charge is 0.385 e. The topological polar surface area (TPSA) is 42.0 Å². The van der Waals surface area contributed by atoms with Gasteiger partial charge in [0.1, 0.15) is 5.60 Å². The fourth-order valence-electron chi connectivity index (χ4n) is 4.44. The normalized spacial score (nSPS) is 28.8. The number of ether oxygens (including phenoxy) is 2. The van der Waals surface area contributed by atoms with Crippen LogP contribution in [0.25, 0.3) is 0 Å². The average molecular weight is 324 g/mol. The third kappa shape index (κ3) is 3.89. The van der Waals surface area contributed by atoms with Crippen molar-refractivity contribution in [1.29, 1.82) is 0 Å². The van der Waals surface area contributed by atoms with E-state index in [-0.39, 0.29) is 11.5 Å². The number of hydrogen-bond acceptors (Lipinski definition) is 4. The van der Waals surface area contributed by atoms with Crippen LogP contribution in [0.1, 0.15) is 39.0 Å². The van der Waals surface area contributed by atoms with Crippen LogP contribution in [-0.2, 0) is 14.3 Å². The summed E-state index contributed by atoms with van der Waals surface area (Å²) in [5, 5.41) is 0. The number of piperidine rings is 1. The van der Waals surface area contributed by atoms with Gasteiger partial charge < -0.3 is 19.3 Å². The number of hydrogen-bond donors (Lipinski definition) is 0. The fraction of sp³-hybridized carbons (Fsp3) is 0.944. The van der Waals surface area contributed by atoms with Crippen LogP contribution in [0.15, 0.2) is 0 Å². The van der Waals surface area contributed by atoms with E-state index in [1.54, 1.807) is 7.11 Å². The second-order valence-electron chi connectivity index (χ2n) is 7.57. The van der Waals surface area contributed by atoms with Crippen molar-refractivity contribution in [3.05, 3.63) is 0 Å². The van der Waals surface area contributed by atoms with Gasteiger partial charge in [-0.25, -0.2) is 0 Å². The van der Waals surface area contributed by atoms with Gasteiger partial charge in [-0.2, -0.15) is 0 Å². The predicted octanol–water partition coefficient (Wildman–Crippen LogP) is 1.76. The predicted molar refractivity (Wildman–Crippen MR) is 89.3 cm³/mol. The molecule has 0 saturated carbocycles. The molecule has 0 radical (unpaired) electrons. The van der Waals surface area contributed by atoms with Gasteiger partial charge in [-0.15, -0.1) is 0 Å². The maximum atomic E-state index is 12.7. The molecule has 0 aliphatic carbocycles. The summed E-state index contributed by atoms with van der Waals surface area (Å²) in [6.45, 7) is 8.73. The summed E-state index contributed by atoms with van der Waals surface area (Å²) in [5.74, 6) is 1.30. The van der Waals surface area contributed by atoms with Crippen molar-refractivity contribution in [2.24, 2.45) is 11.8 Å². The molecule has 3 rings (SSSR count). The third-order valence-electron chi connectivity index (χ3n) is 5.98. The Labute approximate surface area is 140 Å². The Bertz CT molecular complexity index is 401. The minimum Gasteiger partial charge on any atom is -0.385 e. The van der Waals surface area contributed by atoms with Crippen LogP contribution in [0.4, 0.5) is 0 Å². The Morgan fingerprint density at radius 1 is 1.26 bits per heavy atom. The average Bonchev–Trinajstić information content (AvgIpc) is 2.57. The van der Waals surface area contributed by atoms with E-state index in [0.29, 0.717) is 11.8 Å². The molecule has 5 heteroatoms. The van der Waals surface area contributed by atoms with Crippen LogP contribution in [0.2, 0.25) is 0 Å². The zero-order chi connectivity index (χ0) is 16.3. The van der Waals surface area contributed by atoms with Crippen molar-refractivity contribution in [1.82, 2.24) is 9.80 Å². The van der Waals surface area contributed by atoms with Crippen LogP contribution in [-0.4, -0.2) is 74.4 Å². The van der Waals surface area contributed by atoms with Gasteiger partial charge in [-0.05, 0) is 57.7 Å². The number of carbonyl (C=O) groups is 1. The summed E-state index contributed by atoms with van der Waals surface area (Å²) in [5.41, 5.74) is -0.0452. The Balaban J connectivity index is 1.45. The molecule has 1 amide bonds. The number of rotatable bonds is 5. The van der Waals surface area contributed by atoms with Gasteiger partial charge in [-0.1, -0.05) is 6.92 Å². The van der Waals surface area contributed by atoms with Crippen molar-refractivity contribution in [3.8, 4) is 0 Å². The SMILES string of the molecule is CCN1CCC(C(=O)N2CC3(CC(CCOC)CCO3)C2)CC1. The van der Waals surface area contributed by atoms with Gasteiger partial charge in [0.25, 0.3) is 0 Å². The molecule has 1 atom stereocenters. The first-order valence-electron chi connectivity index (χ1n) is 9.30. The molecule has 0 aromatic rings. The monoisotopic (exact) mass is 324 g/mol. The first kappa shape index (κ1) is 17.2. The maximum Gasteiger partial charge on any atom is 0.225 e. The molecular formula is C18H32N2O3. The molecule has 1 unspecified atom stereocenters. The van der Waals surface area contributed by atoms with E-state index in [1.165, 1.54) is 0 Å². The lowest BCUT2D eigenvalue weighted by atomic mass is 9.78. The molecule has 23 heavy (non-hydrogen) atoms. The lowest BCUT2D eigenvalue weighted by molar-refractivity contribution is -0.192. The van der Waals surface area contributed by atoms with Gasteiger partial charge in [0.15, 0.2) is 0 Å². The summed E-state index contributed by atoms with van der Waals surface area (Å²) >= 11 is 0. The van der Waals surface area contributed by atoms with Gasteiger partial charge in [0.05, 0.1) is 13.1 Å². The standard InChI is InChI=1S/C18H32N2O3/c1-3-19-8-4-16(5-9-19)17(21)20-13-18(14-20)12-15(6-10-22-2)7-11-23-18/h15-16H,3-14H2,1-2H3. The highest BCUT2D eigenvalue weighted by Gasteiger charge is 2.50. The third-order valence-corrected chi connectivity index (χ3v) is 5.98. The second kappa shape index (κ2) is 7.49. The molecule has 0 aromatic heterocycles. The molecule has 1 spiro atoms. The molecule has 3 saturated heterocycles. The van der Waals surface area contributed by atoms with Crippen molar-refractivity contribution < 1.29 is 14.3 Å². The highest BCUT2D eigenvalue weighted by Crippen LogP contribution is 2.39. The van der Waals surface area contributed by atoms with E-state index in [1.807, 2.05) is 4.90 Å². The van der Waals surface area contributed by atoms with E-state index in [9.17, 15) is 4.79 Å². The molecular weight excluding hydrogens is 292 g/mol. The van der Waals surface area contributed by atoms with E-state index < -0.39 is 0 Å². The van der Waals surface area contributed by atoms with Crippen molar-refractivity contribution in [2.45, 2.75) is 44.6 Å². The Morgan fingerprint density at radius 3 is 2.65 bits per heavy atom. The van der Waals surface area contributed by atoms with Crippen molar-refractivity contribution in [3.63, 3.8) is 0 Å². The zero-order valence-electron chi connectivity index (χ0n) is 14.8. The summed E-state index contributed by atoms with van der Waals surface area (Å²) < 4.78 is 11.3. The maximum absolute atomic E-state index is 12.7. The smallest absolute Gasteiger partial charge is 0.225 e. The van der Waals surface area contributed by atoms with Gasteiger partial charge in [0.2, 0.25) is 5.91 Å². The Morgan fingerprint density at radius 2 is 2.00 bits per heavy atom. The van der Waals surface area contributed by atoms with Crippen molar-refractivity contribution in [2.75, 3.05) is 53.0 Å². The fourth-order valence-corrected chi connectivity index (χ4v) is 4.44. The van der Waals surface area contributed by atoms with E-state index in [0.717, 1.165) is 78.0 Å².